The summed E-state index contributed by atoms with van der Waals surface area (Å²) in [6, 6.07) is 10.5. The number of nitrogens with zero attached hydrogens (tertiary/aromatic N) is 1. The highest BCUT2D eigenvalue weighted by atomic mass is 16.5. The predicted octanol–water partition coefficient (Wildman–Crippen LogP) is 2.84. The van der Waals surface area contributed by atoms with E-state index < -0.39 is 0 Å². The third-order valence-corrected chi connectivity index (χ3v) is 3.11. The van der Waals surface area contributed by atoms with Crippen molar-refractivity contribution in [2.24, 2.45) is 0 Å². The summed E-state index contributed by atoms with van der Waals surface area (Å²) in [5.41, 5.74) is 3.53. The van der Waals surface area contributed by atoms with Gasteiger partial charge in [-0.2, -0.15) is 0 Å². The van der Waals surface area contributed by atoms with E-state index in [-0.39, 0.29) is 0 Å². The zero-order valence-electron chi connectivity index (χ0n) is 12.3. The maximum absolute atomic E-state index is 5.61. The van der Waals surface area contributed by atoms with Crippen molar-refractivity contribution in [2.45, 2.75) is 33.3 Å². The summed E-state index contributed by atoms with van der Waals surface area (Å²) in [7, 11) is 0. The maximum atomic E-state index is 5.61. The van der Waals surface area contributed by atoms with E-state index in [0.717, 1.165) is 30.8 Å². The molecule has 0 amide bonds. The van der Waals surface area contributed by atoms with Gasteiger partial charge in [0.25, 0.3) is 0 Å². The lowest BCUT2D eigenvalue weighted by Crippen LogP contribution is -2.17. The van der Waals surface area contributed by atoms with E-state index in [9.17, 15) is 0 Å². The van der Waals surface area contributed by atoms with Gasteiger partial charge < -0.3 is 10.1 Å². The van der Waals surface area contributed by atoms with Gasteiger partial charge in [0, 0.05) is 11.8 Å². The Morgan fingerprint density at radius 1 is 1.15 bits per heavy atom. The number of nitrogens with one attached hydrogen (secondary N) is 2. The summed E-state index contributed by atoms with van der Waals surface area (Å²) >= 11 is 0. The SMILES string of the molecule is CCCNCCc1ccc(COc2cc(C)[nH]n2)cc1. The van der Waals surface area contributed by atoms with Crippen molar-refractivity contribution in [3.8, 4) is 5.88 Å². The molecule has 0 aliphatic rings. The van der Waals surface area contributed by atoms with Gasteiger partial charge in [0.15, 0.2) is 0 Å². The second-order valence-corrected chi connectivity index (χ2v) is 4.99. The number of ether oxygens (including phenoxy) is 1. The fourth-order valence-corrected chi connectivity index (χ4v) is 1.96. The van der Waals surface area contributed by atoms with E-state index in [0.29, 0.717) is 12.5 Å². The number of H-pyrrole nitrogens is 1. The van der Waals surface area contributed by atoms with Gasteiger partial charge in [-0.15, -0.1) is 5.10 Å². The van der Waals surface area contributed by atoms with E-state index in [2.05, 4.69) is 46.7 Å². The lowest BCUT2D eigenvalue weighted by Gasteiger charge is -2.06. The van der Waals surface area contributed by atoms with Crippen LogP contribution in [0.15, 0.2) is 30.3 Å². The van der Waals surface area contributed by atoms with Crippen LogP contribution >= 0.6 is 0 Å². The van der Waals surface area contributed by atoms with Gasteiger partial charge in [-0.25, -0.2) is 0 Å². The zero-order valence-corrected chi connectivity index (χ0v) is 12.3. The minimum absolute atomic E-state index is 0.554. The van der Waals surface area contributed by atoms with Crippen LogP contribution in [-0.4, -0.2) is 23.3 Å². The van der Waals surface area contributed by atoms with E-state index >= 15 is 0 Å². The summed E-state index contributed by atoms with van der Waals surface area (Å²) in [6.07, 6.45) is 2.25. The van der Waals surface area contributed by atoms with Crippen LogP contribution in [0.5, 0.6) is 5.88 Å². The first-order chi connectivity index (χ1) is 9.78. The molecule has 0 aliphatic carbocycles. The summed E-state index contributed by atoms with van der Waals surface area (Å²) in [5, 5.41) is 10.3. The van der Waals surface area contributed by atoms with Gasteiger partial charge >= 0.3 is 0 Å². The van der Waals surface area contributed by atoms with Crippen LogP contribution in [-0.2, 0) is 13.0 Å². The third-order valence-electron chi connectivity index (χ3n) is 3.11. The van der Waals surface area contributed by atoms with Crippen LogP contribution in [0.4, 0.5) is 0 Å². The Bertz CT molecular complexity index is 505. The first kappa shape index (κ1) is 14.6. The summed E-state index contributed by atoms with van der Waals surface area (Å²) < 4.78 is 5.61. The molecule has 1 aromatic carbocycles. The smallest absolute Gasteiger partial charge is 0.233 e. The van der Waals surface area contributed by atoms with Crippen LogP contribution in [0.1, 0.15) is 30.2 Å². The molecule has 20 heavy (non-hydrogen) atoms. The summed E-state index contributed by atoms with van der Waals surface area (Å²) in [5.74, 6) is 0.648. The molecule has 0 aliphatic heterocycles. The van der Waals surface area contributed by atoms with Crippen molar-refractivity contribution in [1.29, 1.82) is 0 Å². The Kier molecular flexibility index (Phi) is 5.62. The minimum atomic E-state index is 0.554. The van der Waals surface area contributed by atoms with Crippen LogP contribution in [0, 0.1) is 6.92 Å². The molecular weight excluding hydrogens is 250 g/mol. The number of hydrogen-bond donors (Lipinski definition) is 2. The number of aromatic nitrogens is 2. The Morgan fingerprint density at radius 3 is 2.55 bits per heavy atom. The second-order valence-electron chi connectivity index (χ2n) is 4.99. The lowest BCUT2D eigenvalue weighted by molar-refractivity contribution is 0.293. The molecule has 2 aromatic rings. The Labute approximate surface area is 120 Å². The van der Waals surface area contributed by atoms with Crippen LogP contribution in [0.2, 0.25) is 0 Å². The summed E-state index contributed by atoms with van der Waals surface area (Å²) in [4.78, 5) is 0. The van der Waals surface area contributed by atoms with Crippen molar-refractivity contribution >= 4 is 0 Å². The third kappa shape index (κ3) is 4.70. The first-order valence-electron chi connectivity index (χ1n) is 7.21. The fraction of sp³-hybridized carbons (Fsp3) is 0.438. The van der Waals surface area contributed by atoms with Crippen molar-refractivity contribution in [1.82, 2.24) is 15.5 Å². The molecule has 0 saturated carbocycles. The zero-order chi connectivity index (χ0) is 14.2. The fourth-order valence-electron chi connectivity index (χ4n) is 1.96. The molecule has 4 heteroatoms. The van der Waals surface area contributed by atoms with Gasteiger partial charge in [0.1, 0.15) is 6.61 Å². The van der Waals surface area contributed by atoms with E-state index in [1.54, 1.807) is 0 Å². The minimum Gasteiger partial charge on any atom is -0.472 e. The first-order valence-corrected chi connectivity index (χ1v) is 7.21. The number of aryl methyl sites for hydroxylation is 1. The van der Waals surface area contributed by atoms with E-state index in [1.165, 1.54) is 12.0 Å². The monoisotopic (exact) mass is 273 g/mol. The maximum Gasteiger partial charge on any atom is 0.233 e. The largest absolute Gasteiger partial charge is 0.472 e. The highest BCUT2D eigenvalue weighted by Gasteiger charge is 2.00. The summed E-state index contributed by atoms with van der Waals surface area (Å²) in [6.45, 7) is 6.83. The van der Waals surface area contributed by atoms with E-state index in [1.807, 2.05) is 13.0 Å². The molecule has 4 nitrogen and oxygen atoms in total. The molecule has 0 spiro atoms. The van der Waals surface area contributed by atoms with Crippen molar-refractivity contribution in [3.63, 3.8) is 0 Å². The number of aromatic amines is 1. The lowest BCUT2D eigenvalue weighted by atomic mass is 10.1. The molecule has 108 valence electrons. The predicted molar refractivity (Wildman–Crippen MR) is 81.0 cm³/mol. The average molecular weight is 273 g/mol. The van der Waals surface area contributed by atoms with Gasteiger partial charge in [-0.05, 0) is 44.0 Å². The highest BCUT2D eigenvalue weighted by Crippen LogP contribution is 2.11. The molecular formula is C16H23N3O. The molecule has 0 bridgehead atoms. The Hall–Kier alpha value is -1.81. The van der Waals surface area contributed by atoms with Crippen LogP contribution in [0.3, 0.4) is 0 Å². The van der Waals surface area contributed by atoms with Crippen LogP contribution < -0.4 is 10.1 Å². The number of hydrogen-bond acceptors (Lipinski definition) is 3. The molecule has 2 rings (SSSR count). The second kappa shape index (κ2) is 7.70. The standard InChI is InChI=1S/C16H23N3O/c1-3-9-17-10-8-14-4-6-15(7-5-14)12-20-16-11-13(2)18-19-16/h4-7,11,17H,3,8-10,12H2,1-2H3,(H,18,19). The normalized spacial score (nSPS) is 10.7. The molecule has 0 unspecified atom stereocenters. The molecule has 1 heterocycles. The van der Waals surface area contributed by atoms with Crippen molar-refractivity contribution < 1.29 is 4.74 Å². The van der Waals surface area contributed by atoms with Gasteiger partial charge in [-0.1, -0.05) is 31.2 Å². The van der Waals surface area contributed by atoms with E-state index in [4.69, 9.17) is 4.74 Å². The van der Waals surface area contributed by atoms with Crippen molar-refractivity contribution in [2.75, 3.05) is 13.1 Å². The highest BCUT2D eigenvalue weighted by molar-refractivity contribution is 5.23. The topological polar surface area (TPSA) is 49.9 Å². The Balaban J connectivity index is 1.76. The molecule has 0 fully saturated rings. The van der Waals surface area contributed by atoms with Gasteiger partial charge in [0.05, 0.1) is 0 Å². The van der Waals surface area contributed by atoms with Gasteiger partial charge in [-0.3, -0.25) is 5.10 Å². The van der Waals surface area contributed by atoms with Gasteiger partial charge in [0.2, 0.25) is 5.88 Å². The molecule has 0 atom stereocenters. The quantitative estimate of drug-likeness (QED) is 0.727. The van der Waals surface area contributed by atoms with Crippen LogP contribution in [0.25, 0.3) is 0 Å². The average Bonchev–Trinajstić information content (AvgIpc) is 2.88. The molecule has 0 saturated heterocycles. The molecule has 1 aromatic heterocycles. The Morgan fingerprint density at radius 2 is 1.90 bits per heavy atom. The molecule has 0 radical (unpaired) electrons. The van der Waals surface area contributed by atoms with Crippen molar-refractivity contribution in [3.05, 3.63) is 47.2 Å². The number of rotatable bonds is 8. The molecule has 2 N–H and O–H groups in total. The number of benzene rings is 1.